The summed E-state index contributed by atoms with van der Waals surface area (Å²) in [5, 5.41) is 6.14. The molecule has 0 aromatic heterocycles. The number of carbonyl (C=O) groups excluding carboxylic acids is 2. The van der Waals surface area contributed by atoms with E-state index in [-0.39, 0.29) is 6.54 Å². The molecule has 1 aromatic rings. The smallest absolute Gasteiger partial charge is 0.329 e. The van der Waals surface area contributed by atoms with Gasteiger partial charge in [0.05, 0.1) is 19.4 Å². The Morgan fingerprint density at radius 1 is 1.17 bits per heavy atom. The molecule has 0 aliphatic heterocycles. The third-order valence-electron chi connectivity index (χ3n) is 2.82. The highest BCUT2D eigenvalue weighted by atomic mass is 16.5. The standard InChI is InChI=1S/C16H23N3O4/c1-3-4-10-23-14-7-5-13(6-8-14)12-18-19-16(21)15(20)17-9-11-22-2/h5-8,12H,3-4,9-11H2,1-2H3,(H,17,20)(H,19,21)/b18-12-. The van der Waals surface area contributed by atoms with Crippen LogP contribution in [0, 0.1) is 0 Å². The van der Waals surface area contributed by atoms with Crippen LogP contribution in [0.4, 0.5) is 0 Å². The fraction of sp³-hybridized carbons (Fsp3) is 0.438. The molecule has 0 atom stereocenters. The van der Waals surface area contributed by atoms with E-state index in [4.69, 9.17) is 9.47 Å². The van der Waals surface area contributed by atoms with Crippen LogP contribution in [0.1, 0.15) is 25.3 Å². The van der Waals surface area contributed by atoms with Crippen molar-refractivity contribution >= 4 is 18.0 Å². The molecule has 23 heavy (non-hydrogen) atoms. The molecule has 0 radical (unpaired) electrons. The lowest BCUT2D eigenvalue weighted by Crippen LogP contribution is -2.39. The Morgan fingerprint density at radius 3 is 2.57 bits per heavy atom. The zero-order valence-corrected chi connectivity index (χ0v) is 13.5. The van der Waals surface area contributed by atoms with Gasteiger partial charge in [-0.25, -0.2) is 5.43 Å². The maximum absolute atomic E-state index is 11.4. The Balaban J connectivity index is 2.36. The number of nitrogens with one attached hydrogen (secondary N) is 2. The molecule has 0 saturated carbocycles. The van der Waals surface area contributed by atoms with Crippen molar-refractivity contribution in [2.45, 2.75) is 19.8 Å². The first-order valence-electron chi connectivity index (χ1n) is 7.50. The average molecular weight is 321 g/mol. The van der Waals surface area contributed by atoms with E-state index in [2.05, 4.69) is 22.8 Å². The molecule has 0 saturated heterocycles. The molecular formula is C16H23N3O4. The van der Waals surface area contributed by atoms with Gasteiger partial charge in [0.15, 0.2) is 0 Å². The molecule has 1 aromatic carbocycles. The summed E-state index contributed by atoms with van der Waals surface area (Å²) in [5.41, 5.74) is 2.95. The van der Waals surface area contributed by atoms with Crippen molar-refractivity contribution in [3.05, 3.63) is 29.8 Å². The Hall–Kier alpha value is -2.41. The van der Waals surface area contributed by atoms with E-state index in [1.807, 2.05) is 24.3 Å². The molecule has 7 nitrogen and oxygen atoms in total. The van der Waals surface area contributed by atoms with E-state index >= 15 is 0 Å². The summed E-state index contributed by atoms with van der Waals surface area (Å²) < 4.78 is 10.3. The van der Waals surface area contributed by atoms with Gasteiger partial charge in [-0.15, -0.1) is 0 Å². The molecule has 126 valence electrons. The summed E-state index contributed by atoms with van der Waals surface area (Å²) in [4.78, 5) is 22.8. The second kappa shape index (κ2) is 11.2. The third kappa shape index (κ3) is 7.96. The number of rotatable bonds is 9. The van der Waals surface area contributed by atoms with Crippen molar-refractivity contribution in [3.8, 4) is 5.75 Å². The molecule has 1 rings (SSSR count). The Bertz CT molecular complexity index is 515. The molecule has 0 spiro atoms. The number of methoxy groups -OCH3 is 1. The number of hydrazone groups is 1. The highest BCUT2D eigenvalue weighted by Crippen LogP contribution is 2.11. The number of benzene rings is 1. The van der Waals surface area contributed by atoms with Crippen molar-refractivity contribution in [3.63, 3.8) is 0 Å². The maximum atomic E-state index is 11.4. The Labute approximate surface area is 136 Å². The SMILES string of the molecule is CCCCOc1ccc(/C=N\NC(=O)C(=O)NCCOC)cc1. The van der Waals surface area contributed by atoms with Crippen molar-refractivity contribution in [2.24, 2.45) is 5.10 Å². The molecule has 0 heterocycles. The molecular weight excluding hydrogens is 298 g/mol. The summed E-state index contributed by atoms with van der Waals surface area (Å²) in [5.74, 6) is -0.784. The zero-order chi connectivity index (χ0) is 16.9. The van der Waals surface area contributed by atoms with Gasteiger partial charge in [0.2, 0.25) is 0 Å². The fourth-order valence-corrected chi connectivity index (χ4v) is 1.55. The lowest BCUT2D eigenvalue weighted by atomic mass is 10.2. The third-order valence-corrected chi connectivity index (χ3v) is 2.82. The molecule has 0 bridgehead atoms. The predicted molar refractivity (Wildman–Crippen MR) is 87.5 cm³/mol. The minimum Gasteiger partial charge on any atom is -0.494 e. The summed E-state index contributed by atoms with van der Waals surface area (Å²) in [6, 6.07) is 7.29. The predicted octanol–water partition coefficient (Wildman–Crippen LogP) is 1.08. The van der Waals surface area contributed by atoms with Crippen molar-refractivity contribution in [2.75, 3.05) is 26.9 Å². The van der Waals surface area contributed by atoms with Crippen LogP contribution in [-0.4, -0.2) is 44.9 Å². The van der Waals surface area contributed by atoms with Crippen LogP contribution < -0.4 is 15.5 Å². The van der Waals surface area contributed by atoms with Crippen LogP contribution in [0.5, 0.6) is 5.75 Å². The highest BCUT2D eigenvalue weighted by Gasteiger charge is 2.10. The number of carbonyl (C=O) groups is 2. The van der Waals surface area contributed by atoms with E-state index < -0.39 is 11.8 Å². The van der Waals surface area contributed by atoms with Gasteiger partial charge in [-0.05, 0) is 36.2 Å². The number of hydrogen-bond donors (Lipinski definition) is 2. The second-order valence-corrected chi connectivity index (χ2v) is 4.72. The van der Waals surface area contributed by atoms with Crippen molar-refractivity contribution in [1.29, 1.82) is 0 Å². The fourth-order valence-electron chi connectivity index (χ4n) is 1.55. The zero-order valence-electron chi connectivity index (χ0n) is 13.5. The normalized spacial score (nSPS) is 10.5. The van der Waals surface area contributed by atoms with E-state index in [0.29, 0.717) is 13.2 Å². The highest BCUT2D eigenvalue weighted by molar-refractivity contribution is 6.35. The minimum atomic E-state index is -0.822. The summed E-state index contributed by atoms with van der Waals surface area (Å²) in [6.07, 6.45) is 3.56. The first-order valence-corrected chi connectivity index (χ1v) is 7.50. The van der Waals surface area contributed by atoms with Crippen molar-refractivity contribution in [1.82, 2.24) is 10.7 Å². The van der Waals surface area contributed by atoms with Gasteiger partial charge in [-0.2, -0.15) is 5.10 Å². The Kier molecular flexibility index (Phi) is 9.07. The molecule has 2 amide bonds. The van der Waals surface area contributed by atoms with Gasteiger partial charge in [0.1, 0.15) is 5.75 Å². The van der Waals surface area contributed by atoms with Crippen LogP contribution in [0.15, 0.2) is 29.4 Å². The molecule has 2 N–H and O–H groups in total. The lowest BCUT2D eigenvalue weighted by Gasteiger charge is -2.05. The topological polar surface area (TPSA) is 89.0 Å². The van der Waals surface area contributed by atoms with E-state index in [1.54, 1.807) is 0 Å². The van der Waals surface area contributed by atoms with Gasteiger partial charge in [-0.3, -0.25) is 9.59 Å². The summed E-state index contributed by atoms with van der Waals surface area (Å²) in [7, 11) is 1.51. The second-order valence-electron chi connectivity index (χ2n) is 4.72. The first kappa shape index (κ1) is 18.6. The summed E-state index contributed by atoms with van der Waals surface area (Å²) >= 11 is 0. The largest absolute Gasteiger partial charge is 0.494 e. The van der Waals surface area contributed by atoms with E-state index in [1.165, 1.54) is 13.3 Å². The molecule has 0 aliphatic carbocycles. The van der Waals surface area contributed by atoms with Gasteiger partial charge in [0, 0.05) is 13.7 Å². The first-order chi connectivity index (χ1) is 11.2. The number of amides is 2. The quantitative estimate of drug-likeness (QED) is 0.308. The van der Waals surface area contributed by atoms with Gasteiger partial charge in [0.25, 0.3) is 0 Å². The van der Waals surface area contributed by atoms with E-state index in [9.17, 15) is 9.59 Å². The molecule has 0 aliphatic rings. The van der Waals surface area contributed by atoms with Gasteiger partial charge in [-0.1, -0.05) is 13.3 Å². The van der Waals surface area contributed by atoms with Gasteiger partial charge < -0.3 is 14.8 Å². The molecule has 0 fully saturated rings. The number of nitrogens with zero attached hydrogens (tertiary/aromatic N) is 1. The Morgan fingerprint density at radius 2 is 1.91 bits per heavy atom. The van der Waals surface area contributed by atoms with Crippen LogP contribution in [-0.2, 0) is 14.3 Å². The lowest BCUT2D eigenvalue weighted by molar-refractivity contribution is -0.139. The number of unbranched alkanes of at least 4 members (excludes halogenated alkanes) is 1. The molecule has 0 unspecified atom stereocenters. The van der Waals surface area contributed by atoms with Crippen LogP contribution in [0.25, 0.3) is 0 Å². The van der Waals surface area contributed by atoms with Crippen LogP contribution in [0.3, 0.4) is 0 Å². The average Bonchev–Trinajstić information content (AvgIpc) is 2.56. The monoisotopic (exact) mass is 321 g/mol. The number of ether oxygens (including phenoxy) is 2. The van der Waals surface area contributed by atoms with Crippen molar-refractivity contribution < 1.29 is 19.1 Å². The number of hydrogen-bond acceptors (Lipinski definition) is 5. The maximum Gasteiger partial charge on any atom is 0.329 e. The van der Waals surface area contributed by atoms with Crippen LogP contribution in [0.2, 0.25) is 0 Å². The minimum absolute atomic E-state index is 0.270. The van der Waals surface area contributed by atoms with Crippen LogP contribution >= 0.6 is 0 Å². The van der Waals surface area contributed by atoms with E-state index in [0.717, 1.165) is 24.2 Å². The molecule has 7 heteroatoms. The van der Waals surface area contributed by atoms with Gasteiger partial charge >= 0.3 is 11.8 Å². The summed E-state index contributed by atoms with van der Waals surface area (Å²) in [6.45, 7) is 3.41.